The molecule has 6 heteroatoms. The van der Waals surface area contributed by atoms with Gasteiger partial charge in [-0.3, -0.25) is 4.79 Å². The molecule has 3 rings (SSSR count). The van der Waals surface area contributed by atoms with Crippen molar-refractivity contribution in [3.63, 3.8) is 0 Å². The van der Waals surface area contributed by atoms with Gasteiger partial charge in [-0.15, -0.1) is 0 Å². The van der Waals surface area contributed by atoms with Crippen molar-refractivity contribution in [2.24, 2.45) is 5.92 Å². The van der Waals surface area contributed by atoms with Crippen LogP contribution >= 0.6 is 0 Å². The highest BCUT2D eigenvalue weighted by Gasteiger charge is 2.38. The van der Waals surface area contributed by atoms with Crippen LogP contribution in [0.25, 0.3) is 0 Å². The first-order valence-corrected chi connectivity index (χ1v) is 11.0. The molecule has 0 radical (unpaired) electrons. The number of benzene rings is 2. The molecule has 0 aliphatic carbocycles. The highest BCUT2D eigenvalue weighted by atomic mass is 19.1. The molecule has 2 N–H and O–H groups in total. The van der Waals surface area contributed by atoms with Crippen LogP contribution < -0.4 is 19.7 Å². The highest BCUT2D eigenvalue weighted by molar-refractivity contribution is 5.78. The van der Waals surface area contributed by atoms with Crippen molar-refractivity contribution >= 4 is 5.91 Å². The fraction of sp³-hybridized carbons (Fsp3) is 0.480. The van der Waals surface area contributed by atoms with Gasteiger partial charge in [-0.25, -0.2) is 4.39 Å². The number of carbonyl (C=O) groups is 1. The van der Waals surface area contributed by atoms with Crippen LogP contribution in [0.2, 0.25) is 0 Å². The summed E-state index contributed by atoms with van der Waals surface area (Å²) < 4.78 is 24.5. The number of amides is 1. The van der Waals surface area contributed by atoms with Crippen LogP contribution in [0.3, 0.4) is 0 Å². The van der Waals surface area contributed by atoms with Crippen LogP contribution in [-0.2, 0) is 17.8 Å². The zero-order valence-electron chi connectivity index (χ0n) is 19.1. The van der Waals surface area contributed by atoms with Crippen LogP contribution in [0.1, 0.15) is 49.9 Å². The third-order valence-corrected chi connectivity index (χ3v) is 6.17. The van der Waals surface area contributed by atoms with E-state index in [0.717, 1.165) is 37.2 Å². The summed E-state index contributed by atoms with van der Waals surface area (Å²) in [6.07, 6.45) is 1.71. The second-order valence-electron chi connectivity index (χ2n) is 8.52. The van der Waals surface area contributed by atoms with Crippen molar-refractivity contribution in [3.05, 3.63) is 58.9 Å². The van der Waals surface area contributed by atoms with Gasteiger partial charge in [0.05, 0.1) is 26.8 Å². The molecule has 0 saturated carbocycles. The second-order valence-corrected chi connectivity index (χ2v) is 8.52. The maximum absolute atomic E-state index is 13.4. The van der Waals surface area contributed by atoms with Gasteiger partial charge in [0.2, 0.25) is 5.91 Å². The van der Waals surface area contributed by atoms with Gasteiger partial charge >= 0.3 is 0 Å². The fourth-order valence-corrected chi connectivity index (χ4v) is 4.45. The van der Waals surface area contributed by atoms with E-state index in [2.05, 4.69) is 24.4 Å². The van der Waals surface area contributed by atoms with Crippen LogP contribution in [0.5, 0.6) is 11.5 Å². The lowest BCUT2D eigenvalue weighted by Crippen LogP contribution is -3.13. The van der Waals surface area contributed by atoms with Crippen molar-refractivity contribution in [2.75, 3.05) is 20.8 Å². The SMILES string of the molecule is CC[C@H](NC(=O)C(C)C)[C@H]1c2cc(OC)c(OC)cc2CC[NH+]1Cc1ccc(F)cc1. The summed E-state index contributed by atoms with van der Waals surface area (Å²) in [7, 11) is 3.29. The Balaban J connectivity index is 2.02. The fourth-order valence-electron chi connectivity index (χ4n) is 4.45. The molecule has 0 bridgehead atoms. The smallest absolute Gasteiger partial charge is 0.222 e. The minimum atomic E-state index is -0.230. The molecule has 31 heavy (non-hydrogen) atoms. The van der Waals surface area contributed by atoms with E-state index < -0.39 is 0 Å². The van der Waals surface area contributed by atoms with Crippen LogP contribution in [0.15, 0.2) is 36.4 Å². The topological polar surface area (TPSA) is 52.0 Å². The number of hydrogen-bond donors (Lipinski definition) is 2. The maximum Gasteiger partial charge on any atom is 0.222 e. The summed E-state index contributed by atoms with van der Waals surface area (Å²) in [5.41, 5.74) is 3.48. The molecule has 0 saturated heterocycles. The third-order valence-electron chi connectivity index (χ3n) is 6.17. The van der Waals surface area contributed by atoms with Gasteiger partial charge in [0.1, 0.15) is 18.4 Å². The number of methoxy groups -OCH3 is 2. The Bertz CT molecular complexity index is 898. The number of rotatable bonds is 8. The van der Waals surface area contributed by atoms with Crippen molar-refractivity contribution in [2.45, 2.75) is 52.2 Å². The first-order chi connectivity index (χ1) is 14.9. The van der Waals surface area contributed by atoms with E-state index in [9.17, 15) is 9.18 Å². The minimum Gasteiger partial charge on any atom is -0.493 e. The quantitative estimate of drug-likeness (QED) is 0.678. The molecule has 5 nitrogen and oxygen atoms in total. The average Bonchev–Trinajstić information content (AvgIpc) is 2.77. The number of halogens is 1. The molecule has 1 heterocycles. The maximum atomic E-state index is 13.4. The van der Waals surface area contributed by atoms with Crippen molar-refractivity contribution in [1.82, 2.24) is 5.32 Å². The molecule has 2 aromatic carbocycles. The van der Waals surface area contributed by atoms with Gasteiger partial charge in [0.25, 0.3) is 0 Å². The molecular formula is C25H34FN2O3+. The van der Waals surface area contributed by atoms with Crippen LogP contribution in [0, 0.1) is 11.7 Å². The lowest BCUT2D eigenvalue weighted by molar-refractivity contribution is -0.948. The molecule has 1 unspecified atom stereocenters. The van der Waals surface area contributed by atoms with E-state index in [1.807, 2.05) is 26.0 Å². The molecule has 1 aliphatic rings. The zero-order chi connectivity index (χ0) is 22.5. The lowest BCUT2D eigenvalue weighted by atomic mass is 9.86. The van der Waals surface area contributed by atoms with Gasteiger partial charge in [-0.1, -0.05) is 32.9 Å². The van der Waals surface area contributed by atoms with E-state index in [-0.39, 0.29) is 29.7 Å². The van der Waals surface area contributed by atoms with Gasteiger partial charge in [0.15, 0.2) is 11.5 Å². The number of fused-ring (bicyclic) bond motifs is 1. The predicted octanol–water partition coefficient (Wildman–Crippen LogP) is 3.08. The van der Waals surface area contributed by atoms with Gasteiger partial charge in [0, 0.05) is 23.5 Å². The number of hydrogen-bond acceptors (Lipinski definition) is 3. The Morgan fingerprint density at radius 3 is 2.39 bits per heavy atom. The predicted molar refractivity (Wildman–Crippen MR) is 119 cm³/mol. The molecule has 0 fully saturated rings. The van der Waals surface area contributed by atoms with E-state index in [0.29, 0.717) is 5.75 Å². The Hall–Kier alpha value is -2.60. The Morgan fingerprint density at radius 1 is 1.16 bits per heavy atom. The second kappa shape index (κ2) is 10.1. The normalized spacial score (nSPS) is 18.9. The minimum absolute atomic E-state index is 0.0255. The van der Waals surface area contributed by atoms with E-state index in [4.69, 9.17) is 9.47 Å². The van der Waals surface area contributed by atoms with E-state index in [1.165, 1.54) is 28.2 Å². The van der Waals surface area contributed by atoms with E-state index in [1.54, 1.807) is 14.2 Å². The first-order valence-electron chi connectivity index (χ1n) is 11.0. The number of quaternary nitrogens is 1. The largest absolute Gasteiger partial charge is 0.493 e. The summed E-state index contributed by atoms with van der Waals surface area (Å²) in [4.78, 5) is 13.9. The molecule has 3 atom stereocenters. The monoisotopic (exact) mass is 429 g/mol. The van der Waals surface area contributed by atoms with E-state index >= 15 is 0 Å². The Morgan fingerprint density at radius 2 is 1.81 bits per heavy atom. The number of nitrogens with one attached hydrogen (secondary N) is 2. The summed E-state index contributed by atoms with van der Waals surface area (Å²) in [5.74, 6) is 1.16. The van der Waals surface area contributed by atoms with Crippen molar-refractivity contribution in [1.29, 1.82) is 0 Å². The standard InChI is InChI=1S/C25H33FN2O3/c1-6-21(27-25(29)16(2)3)24-20-14-23(31-5)22(30-4)13-18(20)11-12-28(24)15-17-7-9-19(26)10-8-17/h7-10,13-14,16,21,24H,6,11-12,15H2,1-5H3,(H,27,29)/p+1/t21-,24+/m0/s1. The molecule has 0 spiro atoms. The molecular weight excluding hydrogens is 395 g/mol. The molecule has 168 valence electrons. The van der Waals surface area contributed by atoms with Crippen molar-refractivity contribution < 1.29 is 23.6 Å². The van der Waals surface area contributed by atoms with Crippen LogP contribution in [-0.4, -0.2) is 32.7 Å². The summed E-state index contributed by atoms with van der Waals surface area (Å²) in [6.45, 7) is 7.60. The Labute approximate surface area is 184 Å². The Kier molecular flexibility index (Phi) is 7.55. The molecule has 2 aromatic rings. The molecule has 0 aromatic heterocycles. The summed E-state index contributed by atoms with van der Waals surface area (Å²) in [5, 5.41) is 3.28. The zero-order valence-corrected chi connectivity index (χ0v) is 19.1. The molecule has 1 amide bonds. The van der Waals surface area contributed by atoms with Gasteiger partial charge < -0.3 is 19.7 Å². The summed E-state index contributed by atoms with van der Waals surface area (Å²) in [6, 6.07) is 10.9. The lowest BCUT2D eigenvalue weighted by Gasteiger charge is -2.39. The third kappa shape index (κ3) is 5.18. The molecule has 1 aliphatic heterocycles. The highest BCUT2D eigenvalue weighted by Crippen LogP contribution is 2.35. The van der Waals surface area contributed by atoms with Crippen LogP contribution in [0.4, 0.5) is 4.39 Å². The number of carbonyl (C=O) groups excluding carboxylic acids is 1. The average molecular weight is 430 g/mol. The van der Waals surface area contributed by atoms with Crippen molar-refractivity contribution in [3.8, 4) is 11.5 Å². The first kappa shape index (κ1) is 23.1. The summed E-state index contributed by atoms with van der Waals surface area (Å²) >= 11 is 0. The van der Waals surface area contributed by atoms with Gasteiger partial charge in [-0.2, -0.15) is 0 Å². The number of ether oxygens (including phenoxy) is 2. The van der Waals surface area contributed by atoms with Gasteiger partial charge in [-0.05, 0) is 36.2 Å².